The van der Waals surface area contributed by atoms with Crippen LogP contribution in [-0.4, -0.2) is 11.8 Å². The van der Waals surface area contributed by atoms with Crippen molar-refractivity contribution in [1.29, 1.82) is 0 Å². The molecule has 0 aliphatic rings. The van der Waals surface area contributed by atoms with Gasteiger partial charge >= 0.3 is 5.97 Å². The molecule has 0 saturated carbocycles. The second-order valence-corrected chi connectivity index (χ2v) is 7.25. The van der Waals surface area contributed by atoms with E-state index in [9.17, 15) is 9.59 Å². The van der Waals surface area contributed by atoms with Gasteiger partial charge in [0.05, 0.1) is 0 Å². The summed E-state index contributed by atoms with van der Waals surface area (Å²) in [5.74, 6) is -0.869. The fourth-order valence-corrected chi connectivity index (χ4v) is 3.15. The molecule has 5 heteroatoms. The second-order valence-electron chi connectivity index (χ2n) is 6.37. The van der Waals surface area contributed by atoms with Crippen LogP contribution in [0.15, 0.2) is 84.9 Å². The number of ether oxygens (including phenoxy) is 1. The number of hydrogen-bond acceptors (Lipinski definition) is 3. The number of halogens is 2. The Hall–Kier alpha value is -2.88. The first-order chi connectivity index (χ1) is 13.9. The lowest BCUT2D eigenvalue weighted by atomic mass is 9.94. The largest absolute Gasteiger partial charge is 0.449 e. The van der Waals surface area contributed by atoms with Gasteiger partial charge in [-0.1, -0.05) is 77.8 Å². The van der Waals surface area contributed by atoms with Crippen molar-refractivity contribution in [3.63, 3.8) is 0 Å². The maximum Gasteiger partial charge on any atom is 0.303 e. The summed E-state index contributed by atoms with van der Waals surface area (Å²) in [6, 6.07) is 23.3. The van der Waals surface area contributed by atoms with Gasteiger partial charge in [0.15, 0.2) is 6.10 Å². The highest BCUT2D eigenvalue weighted by atomic mass is 35.5. The number of rotatable bonds is 6. The Morgan fingerprint density at radius 1 is 0.793 bits per heavy atom. The number of esters is 1. The molecule has 0 bridgehead atoms. The van der Waals surface area contributed by atoms with Crippen molar-refractivity contribution in [2.24, 2.45) is 0 Å². The molecule has 1 unspecified atom stereocenters. The van der Waals surface area contributed by atoms with Crippen molar-refractivity contribution in [2.75, 3.05) is 0 Å². The number of carbonyl (C=O) groups excluding carboxylic acids is 2. The van der Waals surface area contributed by atoms with Crippen LogP contribution in [0.2, 0.25) is 10.0 Å². The van der Waals surface area contributed by atoms with E-state index in [2.05, 4.69) is 0 Å². The number of carbonyl (C=O) groups is 2. The minimum absolute atomic E-state index is 0.341. The van der Waals surface area contributed by atoms with Gasteiger partial charge < -0.3 is 4.74 Å². The monoisotopic (exact) mass is 424 g/mol. The summed E-state index contributed by atoms with van der Waals surface area (Å²) in [5, 5.41) is 1.19. The Morgan fingerprint density at radius 2 is 1.28 bits per heavy atom. The first-order valence-corrected chi connectivity index (χ1v) is 9.69. The highest BCUT2D eigenvalue weighted by Gasteiger charge is 2.23. The van der Waals surface area contributed by atoms with Gasteiger partial charge in [0.25, 0.3) is 0 Å². The highest BCUT2D eigenvalue weighted by molar-refractivity contribution is 6.31. The van der Waals surface area contributed by atoms with E-state index in [0.717, 1.165) is 11.1 Å². The van der Waals surface area contributed by atoms with Gasteiger partial charge in [-0.05, 0) is 47.0 Å². The zero-order chi connectivity index (χ0) is 20.8. The summed E-state index contributed by atoms with van der Waals surface area (Å²) in [5.41, 5.74) is 2.89. The van der Waals surface area contributed by atoms with E-state index in [-0.39, 0.29) is 5.78 Å². The van der Waals surface area contributed by atoms with Gasteiger partial charge in [0.1, 0.15) is 0 Å². The standard InChI is InChI=1S/C24H18Cl2O3/c1-16(27)29-24(19-5-3-2-4-6-19)23(28)15-22(17-7-11-20(25)12-8-17)18-9-13-21(26)14-10-18/h2-15,24H,1H3. The molecular formula is C24H18Cl2O3. The SMILES string of the molecule is CC(=O)OC(C(=O)C=C(c1ccc(Cl)cc1)c1ccc(Cl)cc1)c1ccccc1. The summed E-state index contributed by atoms with van der Waals surface area (Å²) >= 11 is 12.0. The van der Waals surface area contributed by atoms with E-state index in [4.69, 9.17) is 27.9 Å². The van der Waals surface area contributed by atoms with Crippen molar-refractivity contribution >= 4 is 40.5 Å². The summed E-state index contributed by atoms with van der Waals surface area (Å²) in [6.45, 7) is 1.28. The quantitative estimate of drug-likeness (QED) is 0.344. The van der Waals surface area contributed by atoms with Gasteiger partial charge in [-0.2, -0.15) is 0 Å². The van der Waals surface area contributed by atoms with Crippen LogP contribution in [0.25, 0.3) is 5.57 Å². The molecule has 146 valence electrons. The van der Waals surface area contributed by atoms with Crippen LogP contribution >= 0.6 is 23.2 Å². The maximum atomic E-state index is 13.2. The minimum atomic E-state index is -1.02. The Kier molecular flexibility index (Phi) is 6.86. The Bertz CT molecular complexity index is 976. The van der Waals surface area contributed by atoms with E-state index in [1.165, 1.54) is 13.0 Å². The number of benzene rings is 3. The Labute approximate surface area is 179 Å². The van der Waals surface area contributed by atoms with Crippen LogP contribution in [0.3, 0.4) is 0 Å². The molecule has 0 amide bonds. The molecule has 0 aromatic heterocycles. The van der Waals surface area contributed by atoms with Gasteiger partial charge in [0.2, 0.25) is 5.78 Å². The molecule has 0 aliphatic carbocycles. The highest BCUT2D eigenvalue weighted by Crippen LogP contribution is 2.28. The van der Waals surface area contributed by atoms with Crippen molar-refractivity contribution in [3.8, 4) is 0 Å². The molecule has 0 aliphatic heterocycles. The molecule has 3 aromatic carbocycles. The molecule has 0 radical (unpaired) electrons. The molecule has 0 spiro atoms. The van der Waals surface area contributed by atoms with Gasteiger partial charge in [0, 0.05) is 22.5 Å². The third-order valence-corrected chi connectivity index (χ3v) is 4.75. The molecule has 0 heterocycles. The van der Waals surface area contributed by atoms with Crippen LogP contribution in [0.1, 0.15) is 29.7 Å². The smallest absolute Gasteiger partial charge is 0.303 e. The van der Waals surface area contributed by atoms with Crippen LogP contribution in [0.4, 0.5) is 0 Å². The molecule has 0 saturated heterocycles. The lowest BCUT2D eigenvalue weighted by molar-refractivity contribution is -0.151. The van der Waals surface area contributed by atoms with E-state index in [1.54, 1.807) is 48.5 Å². The van der Waals surface area contributed by atoms with E-state index in [1.807, 2.05) is 30.3 Å². The van der Waals surface area contributed by atoms with Crippen molar-refractivity contribution in [1.82, 2.24) is 0 Å². The topological polar surface area (TPSA) is 43.4 Å². The molecule has 1 atom stereocenters. The third-order valence-electron chi connectivity index (χ3n) is 4.24. The van der Waals surface area contributed by atoms with Crippen LogP contribution in [0, 0.1) is 0 Å². The van der Waals surface area contributed by atoms with Crippen molar-refractivity contribution in [3.05, 3.63) is 112 Å². The maximum absolute atomic E-state index is 13.2. The fourth-order valence-electron chi connectivity index (χ4n) is 2.89. The van der Waals surface area contributed by atoms with Crippen molar-refractivity contribution < 1.29 is 14.3 Å². The van der Waals surface area contributed by atoms with E-state index in [0.29, 0.717) is 21.2 Å². The molecule has 3 aromatic rings. The molecule has 0 N–H and O–H groups in total. The van der Waals surface area contributed by atoms with E-state index >= 15 is 0 Å². The van der Waals surface area contributed by atoms with E-state index < -0.39 is 12.1 Å². The fraction of sp³-hybridized carbons (Fsp3) is 0.0833. The normalized spacial score (nSPS) is 11.4. The van der Waals surface area contributed by atoms with Gasteiger partial charge in [-0.3, -0.25) is 9.59 Å². The number of hydrogen-bond donors (Lipinski definition) is 0. The van der Waals surface area contributed by atoms with Gasteiger partial charge in [-0.15, -0.1) is 0 Å². The van der Waals surface area contributed by atoms with Crippen LogP contribution < -0.4 is 0 Å². The second kappa shape index (κ2) is 9.55. The molecule has 3 nitrogen and oxygen atoms in total. The summed E-state index contributed by atoms with van der Waals surface area (Å²) in [6.07, 6.45) is 0.468. The molecular weight excluding hydrogens is 407 g/mol. The lowest BCUT2D eigenvalue weighted by Crippen LogP contribution is -2.17. The average molecular weight is 425 g/mol. The van der Waals surface area contributed by atoms with Crippen LogP contribution in [0.5, 0.6) is 0 Å². The zero-order valence-electron chi connectivity index (χ0n) is 15.6. The average Bonchev–Trinajstić information content (AvgIpc) is 2.72. The van der Waals surface area contributed by atoms with Crippen LogP contribution in [-0.2, 0) is 14.3 Å². The predicted molar refractivity (Wildman–Crippen MR) is 116 cm³/mol. The molecule has 3 rings (SSSR count). The molecule has 29 heavy (non-hydrogen) atoms. The minimum Gasteiger partial charge on any atom is -0.449 e. The summed E-state index contributed by atoms with van der Waals surface area (Å²) in [7, 11) is 0. The Morgan fingerprint density at radius 3 is 1.72 bits per heavy atom. The van der Waals surface area contributed by atoms with Crippen molar-refractivity contribution in [2.45, 2.75) is 13.0 Å². The summed E-state index contributed by atoms with van der Waals surface area (Å²) < 4.78 is 5.33. The zero-order valence-corrected chi connectivity index (χ0v) is 17.2. The predicted octanol–water partition coefficient (Wildman–Crippen LogP) is 6.30. The first-order valence-electron chi connectivity index (χ1n) is 8.93. The molecule has 0 fully saturated rings. The summed E-state index contributed by atoms with van der Waals surface area (Å²) in [4.78, 5) is 24.8. The van der Waals surface area contributed by atoms with Gasteiger partial charge in [-0.25, -0.2) is 0 Å². The first kappa shape index (κ1) is 20.8. The lowest BCUT2D eigenvalue weighted by Gasteiger charge is -2.16. The number of ketones is 1. The Balaban J connectivity index is 2.07. The third kappa shape index (κ3) is 5.57.